The minimum absolute atomic E-state index is 0.586. The molecule has 1 N–H and O–H groups in total. The van der Waals surface area contributed by atoms with E-state index < -0.39 is 0 Å². The Morgan fingerprint density at radius 1 is 1.16 bits per heavy atom. The monoisotopic (exact) mass is 265 g/mol. The van der Waals surface area contributed by atoms with Crippen LogP contribution in [0.15, 0.2) is 0 Å². The number of aromatic nitrogens is 2. The van der Waals surface area contributed by atoms with Gasteiger partial charge in [-0.15, -0.1) is 0 Å². The van der Waals surface area contributed by atoms with Crippen molar-refractivity contribution in [2.24, 2.45) is 7.05 Å². The van der Waals surface area contributed by atoms with Crippen LogP contribution < -0.4 is 5.32 Å². The molecular weight excluding hydrogens is 234 g/mol. The first kappa shape index (κ1) is 16.2. The van der Waals surface area contributed by atoms with E-state index >= 15 is 0 Å². The van der Waals surface area contributed by atoms with Crippen molar-refractivity contribution < 1.29 is 0 Å². The quantitative estimate of drug-likeness (QED) is 0.692. The fraction of sp³-hybridized carbons (Fsp3) is 0.812. The van der Waals surface area contributed by atoms with Gasteiger partial charge < -0.3 is 5.32 Å². The van der Waals surface area contributed by atoms with Crippen LogP contribution in [0, 0.1) is 13.8 Å². The van der Waals surface area contributed by atoms with Gasteiger partial charge in [-0.3, -0.25) is 4.68 Å². The highest BCUT2D eigenvalue weighted by molar-refractivity contribution is 5.25. The largest absolute Gasteiger partial charge is 0.317 e. The molecule has 1 aromatic rings. The molecule has 1 heterocycles. The molecule has 3 nitrogen and oxygen atoms in total. The Kier molecular flexibility index (Phi) is 7.14. The second kappa shape index (κ2) is 8.36. The normalized spacial score (nSPS) is 12.9. The zero-order valence-electron chi connectivity index (χ0n) is 13.4. The summed E-state index contributed by atoms with van der Waals surface area (Å²) in [6.45, 7) is 6.56. The SMILES string of the molecule is CCCCCCCC(Cc1c(C)nn(C)c1C)NC. The molecule has 0 amide bonds. The van der Waals surface area contributed by atoms with Gasteiger partial charge in [0.2, 0.25) is 0 Å². The summed E-state index contributed by atoms with van der Waals surface area (Å²) >= 11 is 0. The molecule has 0 bridgehead atoms. The van der Waals surface area contributed by atoms with Crippen LogP contribution in [0.3, 0.4) is 0 Å². The highest BCUT2D eigenvalue weighted by atomic mass is 15.3. The van der Waals surface area contributed by atoms with E-state index in [1.54, 1.807) is 0 Å². The van der Waals surface area contributed by atoms with E-state index in [0.29, 0.717) is 6.04 Å². The Bertz CT molecular complexity index is 368. The standard InChI is InChI=1S/C16H31N3/c1-6-7-8-9-10-11-15(17-4)12-16-13(2)18-19(5)14(16)3/h15,17H,6-12H2,1-5H3. The molecule has 1 rings (SSSR count). The summed E-state index contributed by atoms with van der Waals surface area (Å²) in [5, 5.41) is 7.98. The third kappa shape index (κ3) is 4.98. The Hall–Kier alpha value is -0.830. The number of rotatable bonds is 9. The number of likely N-dealkylation sites (N-methyl/N-ethyl adjacent to an activating group) is 1. The minimum atomic E-state index is 0.586. The summed E-state index contributed by atoms with van der Waals surface area (Å²) in [5.41, 5.74) is 3.92. The highest BCUT2D eigenvalue weighted by Crippen LogP contribution is 2.17. The first-order valence-corrected chi connectivity index (χ1v) is 7.76. The van der Waals surface area contributed by atoms with Gasteiger partial charge >= 0.3 is 0 Å². The van der Waals surface area contributed by atoms with Crippen LogP contribution in [0.1, 0.15) is 62.4 Å². The van der Waals surface area contributed by atoms with E-state index in [1.165, 1.54) is 55.5 Å². The van der Waals surface area contributed by atoms with E-state index in [0.717, 1.165) is 6.42 Å². The molecule has 3 heteroatoms. The van der Waals surface area contributed by atoms with Crippen LogP contribution in [0.4, 0.5) is 0 Å². The van der Waals surface area contributed by atoms with Crippen LogP contribution in [0.25, 0.3) is 0 Å². The fourth-order valence-corrected chi connectivity index (χ4v) is 2.70. The first-order chi connectivity index (χ1) is 9.10. The average Bonchev–Trinajstić information content (AvgIpc) is 2.63. The molecule has 0 aromatic carbocycles. The lowest BCUT2D eigenvalue weighted by Gasteiger charge is -2.16. The molecule has 110 valence electrons. The van der Waals surface area contributed by atoms with E-state index in [-0.39, 0.29) is 0 Å². The number of aryl methyl sites for hydroxylation is 2. The van der Waals surface area contributed by atoms with Gasteiger partial charge in [-0.1, -0.05) is 39.0 Å². The molecule has 1 atom stereocenters. The van der Waals surface area contributed by atoms with Gasteiger partial charge in [0.05, 0.1) is 5.69 Å². The topological polar surface area (TPSA) is 29.9 Å². The summed E-state index contributed by atoms with van der Waals surface area (Å²) in [6, 6.07) is 0.586. The smallest absolute Gasteiger partial charge is 0.0628 e. The molecule has 19 heavy (non-hydrogen) atoms. The van der Waals surface area contributed by atoms with Crippen molar-refractivity contribution in [1.29, 1.82) is 0 Å². The van der Waals surface area contributed by atoms with E-state index in [2.05, 4.69) is 38.2 Å². The predicted molar refractivity (Wildman–Crippen MR) is 82.6 cm³/mol. The first-order valence-electron chi connectivity index (χ1n) is 7.76. The third-order valence-corrected chi connectivity index (χ3v) is 4.17. The zero-order chi connectivity index (χ0) is 14.3. The van der Waals surface area contributed by atoms with Crippen LogP contribution >= 0.6 is 0 Å². The zero-order valence-corrected chi connectivity index (χ0v) is 13.4. The number of unbranched alkanes of at least 4 members (excludes halogenated alkanes) is 4. The number of nitrogens with zero attached hydrogens (tertiary/aromatic N) is 2. The molecule has 0 radical (unpaired) electrons. The lowest BCUT2D eigenvalue weighted by atomic mass is 9.99. The van der Waals surface area contributed by atoms with Crippen molar-refractivity contribution in [3.63, 3.8) is 0 Å². The number of hydrogen-bond donors (Lipinski definition) is 1. The van der Waals surface area contributed by atoms with Crippen molar-refractivity contribution in [3.8, 4) is 0 Å². The third-order valence-electron chi connectivity index (χ3n) is 4.17. The van der Waals surface area contributed by atoms with Crippen molar-refractivity contribution in [1.82, 2.24) is 15.1 Å². The Morgan fingerprint density at radius 2 is 1.84 bits per heavy atom. The minimum Gasteiger partial charge on any atom is -0.317 e. The van der Waals surface area contributed by atoms with Gasteiger partial charge in [-0.2, -0.15) is 5.10 Å². The summed E-state index contributed by atoms with van der Waals surface area (Å²) in [5.74, 6) is 0. The van der Waals surface area contributed by atoms with Gasteiger partial charge in [0.15, 0.2) is 0 Å². The van der Waals surface area contributed by atoms with Crippen LogP contribution in [-0.4, -0.2) is 22.9 Å². The van der Waals surface area contributed by atoms with E-state index in [9.17, 15) is 0 Å². The van der Waals surface area contributed by atoms with Crippen LogP contribution in [-0.2, 0) is 13.5 Å². The molecule has 0 aliphatic rings. The van der Waals surface area contributed by atoms with Crippen molar-refractivity contribution in [2.75, 3.05) is 7.05 Å². The molecule has 0 aliphatic heterocycles. The lowest BCUT2D eigenvalue weighted by molar-refractivity contribution is 0.480. The van der Waals surface area contributed by atoms with Crippen molar-refractivity contribution >= 4 is 0 Å². The summed E-state index contributed by atoms with van der Waals surface area (Å²) < 4.78 is 2.00. The van der Waals surface area contributed by atoms with Crippen LogP contribution in [0.2, 0.25) is 0 Å². The number of nitrogens with one attached hydrogen (secondary N) is 1. The Balaban J connectivity index is 2.43. The van der Waals surface area contributed by atoms with Crippen LogP contribution in [0.5, 0.6) is 0 Å². The van der Waals surface area contributed by atoms with Gasteiger partial charge in [-0.05, 0) is 39.3 Å². The highest BCUT2D eigenvalue weighted by Gasteiger charge is 2.14. The molecule has 0 saturated carbocycles. The Morgan fingerprint density at radius 3 is 2.37 bits per heavy atom. The van der Waals surface area contributed by atoms with Gasteiger partial charge in [0, 0.05) is 18.8 Å². The lowest BCUT2D eigenvalue weighted by Crippen LogP contribution is -2.28. The maximum atomic E-state index is 4.51. The Labute approximate surface area is 118 Å². The van der Waals surface area contributed by atoms with Gasteiger partial charge in [0.1, 0.15) is 0 Å². The fourth-order valence-electron chi connectivity index (χ4n) is 2.70. The molecular formula is C16H31N3. The van der Waals surface area contributed by atoms with E-state index in [4.69, 9.17) is 0 Å². The second-order valence-corrected chi connectivity index (χ2v) is 5.67. The predicted octanol–water partition coefficient (Wildman–Crippen LogP) is 3.53. The molecule has 0 saturated heterocycles. The molecule has 0 aliphatic carbocycles. The molecule has 0 fully saturated rings. The second-order valence-electron chi connectivity index (χ2n) is 5.67. The van der Waals surface area contributed by atoms with Crippen molar-refractivity contribution in [3.05, 3.63) is 17.0 Å². The molecule has 1 unspecified atom stereocenters. The average molecular weight is 265 g/mol. The maximum absolute atomic E-state index is 4.51. The molecule has 0 spiro atoms. The van der Waals surface area contributed by atoms with Gasteiger partial charge in [0.25, 0.3) is 0 Å². The summed E-state index contributed by atoms with van der Waals surface area (Å²) in [6.07, 6.45) is 9.18. The molecule has 1 aromatic heterocycles. The maximum Gasteiger partial charge on any atom is 0.0628 e. The number of hydrogen-bond acceptors (Lipinski definition) is 2. The van der Waals surface area contributed by atoms with Gasteiger partial charge in [-0.25, -0.2) is 0 Å². The summed E-state index contributed by atoms with van der Waals surface area (Å²) in [7, 11) is 4.11. The summed E-state index contributed by atoms with van der Waals surface area (Å²) in [4.78, 5) is 0. The van der Waals surface area contributed by atoms with E-state index in [1.807, 2.05) is 11.7 Å². The van der Waals surface area contributed by atoms with Crippen molar-refractivity contribution in [2.45, 2.75) is 71.8 Å².